The Morgan fingerprint density at radius 2 is 1.69 bits per heavy atom. The highest BCUT2D eigenvalue weighted by Crippen LogP contribution is 2.23. The van der Waals surface area contributed by atoms with Gasteiger partial charge < -0.3 is 15.5 Å². The quantitative estimate of drug-likeness (QED) is 0.707. The zero-order valence-corrected chi connectivity index (χ0v) is 14.6. The van der Waals surface area contributed by atoms with Crippen LogP contribution in [0, 0.1) is 0 Å². The molecule has 1 saturated heterocycles. The molecule has 0 aliphatic carbocycles. The molecule has 0 radical (unpaired) electrons. The Labute approximate surface area is 153 Å². The van der Waals surface area contributed by atoms with E-state index in [-0.39, 0.29) is 0 Å². The first kappa shape index (κ1) is 16.3. The smallest absolute Gasteiger partial charge is 0.135 e. The lowest BCUT2D eigenvalue weighted by atomic mass is 10.2. The summed E-state index contributed by atoms with van der Waals surface area (Å²) < 4.78 is 0. The molecule has 1 aliphatic rings. The third kappa shape index (κ3) is 4.08. The average molecular weight is 346 g/mol. The summed E-state index contributed by atoms with van der Waals surface area (Å²) in [5.41, 5.74) is 3.27. The number of anilines is 4. The number of rotatable bonds is 6. The fraction of sp³-hybridized carbons (Fsp3) is 0.250. The maximum atomic E-state index is 4.30. The van der Waals surface area contributed by atoms with Crippen molar-refractivity contribution in [2.75, 3.05) is 28.6 Å². The molecule has 132 valence electrons. The summed E-state index contributed by atoms with van der Waals surface area (Å²) in [4.78, 5) is 15.3. The Bertz CT molecular complexity index is 828. The molecule has 0 unspecified atom stereocenters. The molecule has 1 aromatic carbocycles. The molecule has 2 aromatic heterocycles. The van der Waals surface area contributed by atoms with Gasteiger partial charge in [-0.25, -0.2) is 9.97 Å². The van der Waals surface area contributed by atoms with Crippen LogP contribution in [0.2, 0.25) is 0 Å². The van der Waals surface area contributed by atoms with Crippen LogP contribution in [0.25, 0.3) is 0 Å². The first-order chi connectivity index (χ1) is 12.9. The van der Waals surface area contributed by atoms with E-state index in [9.17, 15) is 0 Å². The summed E-state index contributed by atoms with van der Waals surface area (Å²) in [7, 11) is 0. The molecule has 6 nitrogen and oxygen atoms in total. The number of benzene rings is 1. The predicted molar refractivity (Wildman–Crippen MR) is 105 cm³/mol. The largest absolute Gasteiger partial charge is 0.372 e. The summed E-state index contributed by atoms with van der Waals surface area (Å²) in [5.74, 6) is 1.53. The maximum absolute atomic E-state index is 4.30. The molecule has 0 amide bonds. The molecule has 3 aromatic rings. The van der Waals surface area contributed by atoms with Crippen molar-refractivity contribution in [3.8, 4) is 0 Å². The van der Waals surface area contributed by atoms with Crippen LogP contribution < -0.4 is 15.5 Å². The Kier molecular flexibility index (Phi) is 4.91. The zero-order valence-electron chi connectivity index (χ0n) is 14.6. The van der Waals surface area contributed by atoms with Gasteiger partial charge in [0.15, 0.2) is 0 Å². The molecule has 1 aliphatic heterocycles. The number of nitrogens with zero attached hydrogens (tertiary/aromatic N) is 4. The third-order valence-corrected chi connectivity index (χ3v) is 4.45. The number of pyridine rings is 1. The fourth-order valence-corrected chi connectivity index (χ4v) is 3.08. The molecule has 4 rings (SSSR count). The van der Waals surface area contributed by atoms with Crippen LogP contribution in [0.3, 0.4) is 0 Å². The predicted octanol–water partition coefficient (Wildman–Crippen LogP) is 3.83. The molecule has 2 N–H and O–H groups in total. The van der Waals surface area contributed by atoms with Gasteiger partial charge in [0.05, 0.1) is 12.2 Å². The van der Waals surface area contributed by atoms with Gasteiger partial charge >= 0.3 is 0 Å². The summed E-state index contributed by atoms with van der Waals surface area (Å²) in [6.45, 7) is 2.94. The fourth-order valence-electron chi connectivity index (χ4n) is 3.08. The van der Waals surface area contributed by atoms with E-state index in [1.54, 1.807) is 12.5 Å². The minimum Gasteiger partial charge on any atom is -0.372 e. The van der Waals surface area contributed by atoms with Crippen LogP contribution in [0.15, 0.2) is 61.1 Å². The SMILES string of the molecule is c1ccc(CNc2cc(Nc3ccc(N4CCCC4)cc3)ncn2)nc1. The van der Waals surface area contributed by atoms with E-state index >= 15 is 0 Å². The second kappa shape index (κ2) is 7.82. The number of nitrogens with one attached hydrogen (secondary N) is 2. The average Bonchev–Trinajstić information content (AvgIpc) is 3.23. The van der Waals surface area contributed by atoms with Crippen LogP contribution >= 0.6 is 0 Å². The van der Waals surface area contributed by atoms with E-state index in [0.717, 1.165) is 36.1 Å². The van der Waals surface area contributed by atoms with Crippen molar-refractivity contribution in [1.82, 2.24) is 15.0 Å². The van der Waals surface area contributed by atoms with Crippen molar-refractivity contribution < 1.29 is 0 Å². The molecule has 0 saturated carbocycles. The van der Waals surface area contributed by atoms with Crippen molar-refractivity contribution in [3.05, 3.63) is 66.7 Å². The second-order valence-corrected chi connectivity index (χ2v) is 6.33. The molecule has 26 heavy (non-hydrogen) atoms. The van der Waals surface area contributed by atoms with E-state index in [2.05, 4.69) is 54.8 Å². The van der Waals surface area contributed by atoms with Gasteiger partial charge in [-0.3, -0.25) is 4.98 Å². The maximum Gasteiger partial charge on any atom is 0.135 e. The monoisotopic (exact) mass is 346 g/mol. The molecule has 3 heterocycles. The van der Waals surface area contributed by atoms with E-state index in [1.165, 1.54) is 18.5 Å². The highest BCUT2D eigenvalue weighted by molar-refractivity contribution is 5.62. The first-order valence-corrected chi connectivity index (χ1v) is 8.95. The van der Waals surface area contributed by atoms with Gasteiger partial charge in [0.2, 0.25) is 0 Å². The molecule has 1 fully saturated rings. The van der Waals surface area contributed by atoms with Gasteiger partial charge in [-0.1, -0.05) is 6.07 Å². The normalized spacial score (nSPS) is 13.6. The van der Waals surface area contributed by atoms with Crippen LogP contribution in [0.1, 0.15) is 18.5 Å². The summed E-state index contributed by atoms with van der Waals surface area (Å²) in [5, 5.41) is 6.61. The van der Waals surface area contributed by atoms with Crippen LogP contribution in [-0.4, -0.2) is 28.0 Å². The summed E-state index contributed by atoms with van der Waals surface area (Å²) in [6, 6.07) is 16.3. The molecular formula is C20H22N6. The van der Waals surface area contributed by atoms with Crippen molar-refractivity contribution in [3.63, 3.8) is 0 Å². The van der Waals surface area contributed by atoms with Crippen LogP contribution in [0.4, 0.5) is 23.0 Å². The lowest BCUT2D eigenvalue weighted by molar-refractivity contribution is 0.949. The van der Waals surface area contributed by atoms with E-state index in [1.807, 2.05) is 24.3 Å². The van der Waals surface area contributed by atoms with Gasteiger partial charge in [-0.15, -0.1) is 0 Å². The lowest BCUT2D eigenvalue weighted by Gasteiger charge is -2.18. The van der Waals surface area contributed by atoms with Crippen molar-refractivity contribution >= 4 is 23.0 Å². The van der Waals surface area contributed by atoms with Crippen LogP contribution in [0.5, 0.6) is 0 Å². The Morgan fingerprint density at radius 1 is 0.885 bits per heavy atom. The standard InChI is InChI=1S/C20H22N6/c1-2-10-21-17(5-1)14-22-19-13-20(24-15-23-19)25-16-6-8-18(9-7-16)26-11-3-4-12-26/h1-2,5-10,13,15H,3-4,11-12,14H2,(H2,22,23,24,25). The number of hydrogen-bond acceptors (Lipinski definition) is 6. The van der Waals surface area contributed by atoms with Crippen LogP contribution in [-0.2, 0) is 6.54 Å². The van der Waals surface area contributed by atoms with Crippen molar-refractivity contribution in [2.45, 2.75) is 19.4 Å². The second-order valence-electron chi connectivity index (χ2n) is 6.33. The van der Waals surface area contributed by atoms with Gasteiger partial charge in [0, 0.05) is 36.7 Å². The summed E-state index contributed by atoms with van der Waals surface area (Å²) >= 11 is 0. The van der Waals surface area contributed by atoms with Gasteiger partial charge in [-0.2, -0.15) is 0 Å². The number of hydrogen-bond donors (Lipinski definition) is 2. The Balaban J connectivity index is 1.38. The molecular weight excluding hydrogens is 324 g/mol. The molecule has 0 bridgehead atoms. The van der Waals surface area contributed by atoms with Crippen molar-refractivity contribution in [2.24, 2.45) is 0 Å². The van der Waals surface area contributed by atoms with E-state index in [4.69, 9.17) is 0 Å². The van der Waals surface area contributed by atoms with Gasteiger partial charge in [0.1, 0.15) is 18.0 Å². The molecule has 6 heteroatoms. The minimum absolute atomic E-state index is 0.627. The highest BCUT2D eigenvalue weighted by Gasteiger charge is 2.11. The van der Waals surface area contributed by atoms with Crippen molar-refractivity contribution in [1.29, 1.82) is 0 Å². The zero-order chi connectivity index (χ0) is 17.6. The Morgan fingerprint density at radius 3 is 2.46 bits per heavy atom. The van der Waals surface area contributed by atoms with E-state index < -0.39 is 0 Å². The minimum atomic E-state index is 0.627. The van der Waals surface area contributed by atoms with Gasteiger partial charge in [0.25, 0.3) is 0 Å². The molecule has 0 spiro atoms. The third-order valence-electron chi connectivity index (χ3n) is 4.45. The lowest BCUT2D eigenvalue weighted by Crippen LogP contribution is -2.17. The summed E-state index contributed by atoms with van der Waals surface area (Å²) in [6.07, 6.45) is 5.92. The first-order valence-electron chi connectivity index (χ1n) is 8.95. The molecule has 0 atom stereocenters. The van der Waals surface area contributed by atoms with Gasteiger partial charge in [-0.05, 0) is 49.2 Å². The van der Waals surface area contributed by atoms with E-state index in [0.29, 0.717) is 6.54 Å². The number of aromatic nitrogens is 3. The Hall–Kier alpha value is -3.15. The highest BCUT2D eigenvalue weighted by atomic mass is 15.1. The topological polar surface area (TPSA) is 66.0 Å².